The molecule has 1 amide bonds. The molecule has 0 saturated heterocycles. The van der Waals surface area contributed by atoms with Gasteiger partial charge in [0.05, 0.1) is 12.7 Å². The number of fused-ring (bicyclic) bond motifs is 1. The molecule has 3 aromatic rings. The van der Waals surface area contributed by atoms with E-state index in [0.29, 0.717) is 22.7 Å². The number of ether oxygens (including phenoxy) is 3. The molecule has 8 heteroatoms. The van der Waals surface area contributed by atoms with Gasteiger partial charge in [-0.1, -0.05) is 12.1 Å². The number of anilines is 1. The molecule has 1 aliphatic rings. The zero-order chi connectivity index (χ0) is 21.1. The van der Waals surface area contributed by atoms with E-state index >= 15 is 0 Å². The second kappa shape index (κ2) is 8.73. The van der Waals surface area contributed by atoms with Crippen LogP contribution < -0.4 is 14.8 Å². The summed E-state index contributed by atoms with van der Waals surface area (Å²) in [6.07, 6.45) is 3.79. The van der Waals surface area contributed by atoms with Gasteiger partial charge in [0.15, 0.2) is 11.5 Å². The summed E-state index contributed by atoms with van der Waals surface area (Å²) in [4.78, 5) is 26.7. The molecule has 1 aromatic carbocycles. The van der Waals surface area contributed by atoms with Crippen molar-refractivity contribution < 1.29 is 23.8 Å². The average molecular weight is 442 g/mol. The second-order valence-electron chi connectivity index (χ2n) is 6.55. The number of hydrogen-bond acceptors (Lipinski definition) is 7. The topological polar surface area (TPSA) is 73.9 Å². The first kappa shape index (κ1) is 20.2. The van der Waals surface area contributed by atoms with Gasteiger partial charge in [0.25, 0.3) is 0 Å². The predicted octanol–water partition coefficient (Wildman–Crippen LogP) is 4.88. The molecule has 0 aliphatic carbocycles. The number of hydrogen-bond donors (Lipinski definition) is 1. The quantitative estimate of drug-likeness (QED) is 0.436. The summed E-state index contributed by atoms with van der Waals surface area (Å²) >= 11 is 2.92. The van der Waals surface area contributed by atoms with E-state index in [-0.39, 0.29) is 12.7 Å². The number of thiophene rings is 2. The first-order valence-corrected chi connectivity index (χ1v) is 10.9. The number of methoxy groups -OCH3 is 1. The van der Waals surface area contributed by atoms with Crippen LogP contribution in [0.15, 0.2) is 41.8 Å². The SMILES string of the molecule is COC(=O)c1c(NC(=O)/C=C/c2cccs2)sc(Cc2ccc3c(c2)OCO3)c1C. The highest BCUT2D eigenvalue weighted by Crippen LogP contribution is 2.37. The van der Waals surface area contributed by atoms with Crippen LogP contribution >= 0.6 is 22.7 Å². The Kier molecular flexibility index (Phi) is 5.87. The van der Waals surface area contributed by atoms with Gasteiger partial charge in [0.1, 0.15) is 5.00 Å². The number of rotatable bonds is 6. The Morgan fingerprint density at radius 2 is 2.07 bits per heavy atom. The average Bonchev–Trinajstić information content (AvgIpc) is 3.47. The van der Waals surface area contributed by atoms with E-state index in [1.54, 1.807) is 17.4 Å². The van der Waals surface area contributed by atoms with Crippen molar-refractivity contribution in [2.24, 2.45) is 0 Å². The molecule has 6 nitrogen and oxygen atoms in total. The Morgan fingerprint density at radius 3 is 2.83 bits per heavy atom. The lowest BCUT2D eigenvalue weighted by molar-refractivity contribution is -0.111. The third kappa shape index (κ3) is 4.24. The number of amides is 1. The van der Waals surface area contributed by atoms with Crippen molar-refractivity contribution in [2.45, 2.75) is 13.3 Å². The van der Waals surface area contributed by atoms with Gasteiger partial charge in [-0.3, -0.25) is 4.79 Å². The minimum Gasteiger partial charge on any atom is -0.465 e. The molecule has 1 aliphatic heterocycles. The lowest BCUT2D eigenvalue weighted by atomic mass is 10.1. The number of esters is 1. The monoisotopic (exact) mass is 441 g/mol. The third-order valence-electron chi connectivity index (χ3n) is 4.62. The van der Waals surface area contributed by atoms with Crippen molar-refractivity contribution >= 4 is 45.6 Å². The number of benzene rings is 1. The first-order chi connectivity index (χ1) is 14.5. The Balaban J connectivity index is 1.58. The van der Waals surface area contributed by atoms with E-state index in [1.165, 1.54) is 24.5 Å². The van der Waals surface area contributed by atoms with Crippen LogP contribution in [0.1, 0.15) is 31.2 Å². The number of carbonyl (C=O) groups is 2. The fourth-order valence-corrected chi connectivity index (χ4v) is 4.95. The summed E-state index contributed by atoms with van der Waals surface area (Å²) in [7, 11) is 1.33. The molecule has 0 atom stereocenters. The molecule has 0 unspecified atom stereocenters. The van der Waals surface area contributed by atoms with Crippen LogP contribution in [0, 0.1) is 6.92 Å². The molecule has 30 heavy (non-hydrogen) atoms. The van der Waals surface area contributed by atoms with E-state index < -0.39 is 5.97 Å². The number of carbonyl (C=O) groups excluding carboxylic acids is 2. The van der Waals surface area contributed by atoms with Gasteiger partial charge in [-0.25, -0.2) is 4.79 Å². The highest BCUT2D eigenvalue weighted by molar-refractivity contribution is 7.17. The highest BCUT2D eigenvalue weighted by Gasteiger charge is 2.23. The van der Waals surface area contributed by atoms with Gasteiger partial charge in [-0.2, -0.15) is 0 Å². The van der Waals surface area contributed by atoms with Gasteiger partial charge < -0.3 is 19.5 Å². The van der Waals surface area contributed by atoms with E-state index in [1.807, 2.05) is 42.6 Å². The smallest absolute Gasteiger partial charge is 0.341 e. The van der Waals surface area contributed by atoms with Crippen LogP contribution in [-0.4, -0.2) is 25.8 Å². The fraction of sp³-hybridized carbons (Fsp3) is 0.182. The molecular weight excluding hydrogens is 422 g/mol. The fourth-order valence-electron chi connectivity index (χ4n) is 3.10. The molecule has 0 radical (unpaired) electrons. The normalized spacial score (nSPS) is 12.3. The van der Waals surface area contributed by atoms with Crippen LogP contribution in [0.4, 0.5) is 5.00 Å². The zero-order valence-corrected chi connectivity index (χ0v) is 18.0. The van der Waals surface area contributed by atoms with Crippen molar-refractivity contribution in [3.05, 3.63) is 68.2 Å². The van der Waals surface area contributed by atoms with Gasteiger partial charge in [0, 0.05) is 22.3 Å². The maximum absolute atomic E-state index is 12.4. The summed E-state index contributed by atoms with van der Waals surface area (Å²) in [6, 6.07) is 9.61. The molecule has 2 aromatic heterocycles. The molecule has 0 bridgehead atoms. The molecule has 3 heterocycles. The van der Waals surface area contributed by atoms with Crippen molar-refractivity contribution in [1.29, 1.82) is 0 Å². The number of nitrogens with one attached hydrogen (secondary N) is 1. The van der Waals surface area contributed by atoms with Crippen LogP contribution in [0.5, 0.6) is 11.5 Å². The standard InChI is InChI=1S/C22H19NO5S2/c1-13-18(11-14-5-7-16-17(10-14)28-12-27-16)30-21(20(13)22(25)26-2)23-19(24)8-6-15-4-3-9-29-15/h3-10H,11-12H2,1-2H3,(H,23,24)/b8-6+. The van der Waals surface area contributed by atoms with Crippen molar-refractivity contribution in [2.75, 3.05) is 19.2 Å². The molecule has 0 saturated carbocycles. The van der Waals surface area contributed by atoms with Crippen molar-refractivity contribution in [1.82, 2.24) is 0 Å². The zero-order valence-electron chi connectivity index (χ0n) is 16.4. The summed E-state index contributed by atoms with van der Waals surface area (Å²) in [5.74, 6) is 0.659. The summed E-state index contributed by atoms with van der Waals surface area (Å²) in [5, 5.41) is 5.25. The minimum atomic E-state index is -0.474. The molecule has 1 N–H and O–H groups in total. The Bertz CT molecular complexity index is 1120. The summed E-state index contributed by atoms with van der Waals surface area (Å²) in [5.41, 5.74) is 2.20. The van der Waals surface area contributed by atoms with E-state index in [9.17, 15) is 9.59 Å². The van der Waals surface area contributed by atoms with Crippen LogP contribution in [0.25, 0.3) is 6.08 Å². The maximum Gasteiger partial charge on any atom is 0.341 e. The van der Waals surface area contributed by atoms with Crippen LogP contribution in [-0.2, 0) is 16.0 Å². The Morgan fingerprint density at radius 1 is 1.23 bits per heavy atom. The van der Waals surface area contributed by atoms with E-state index in [2.05, 4.69) is 5.32 Å². The van der Waals surface area contributed by atoms with Crippen LogP contribution in [0.2, 0.25) is 0 Å². The van der Waals surface area contributed by atoms with Gasteiger partial charge in [-0.15, -0.1) is 22.7 Å². The van der Waals surface area contributed by atoms with Crippen molar-refractivity contribution in [3.8, 4) is 11.5 Å². The highest BCUT2D eigenvalue weighted by atomic mass is 32.1. The Labute approximate surface area is 181 Å². The second-order valence-corrected chi connectivity index (χ2v) is 8.63. The molecule has 4 rings (SSSR count). The van der Waals surface area contributed by atoms with Crippen molar-refractivity contribution in [3.63, 3.8) is 0 Å². The lowest BCUT2D eigenvalue weighted by Gasteiger charge is -2.04. The van der Waals surface area contributed by atoms with Crippen LogP contribution in [0.3, 0.4) is 0 Å². The predicted molar refractivity (Wildman–Crippen MR) is 118 cm³/mol. The van der Waals surface area contributed by atoms with Gasteiger partial charge >= 0.3 is 5.97 Å². The first-order valence-electron chi connectivity index (χ1n) is 9.17. The molecular formula is C22H19NO5S2. The van der Waals surface area contributed by atoms with E-state index in [4.69, 9.17) is 14.2 Å². The van der Waals surface area contributed by atoms with Gasteiger partial charge in [-0.05, 0) is 47.7 Å². The molecule has 154 valence electrons. The maximum atomic E-state index is 12.4. The minimum absolute atomic E-state index is 0.221. The third-order valence-corrected chi connectivity index (χ3v) is 6.66. The van der Waals surface area contributed by atoms with E-state index in [0.717, 1.165) is 26.6 Å². The largest absolute Gasteiger partial charge is 0.465 e. The van der Waals surface area contributed by atoms with Gasteiger partial charge in [0.2, 0.25) is 12.7 Å². The molecule has 0 fully saturated rings. The summed E-state index contributed by atoms with van der Waals surface area (Å²) in [6.45, 7) is 2.08. The Hall–Kier alpha value is -3.10. The lowest BCUT2D eigenvalue weighted by Crippen LogP contribution is -2.11. The summed E-state index contributed by atoms with van der Waals surface area (Å²) < 4.78 is 15.7. The molecule has 0 spiro atoms.